The summed E-state index contributed by atoms with van der Waals surface area (Å²) in [5, 5.41) is 3.51. The molecule has 3 nitrogen and oxygen atoms in total. The Balaban J connectivity index is 2.40. The molecule has 1 amide bonds. The summed E-state index contributed by atoms with van der Waals surface area (Å²) in [5.74, 6) is 0.209. The summed E-state index contributed by atoms with van der Waals surface area (Å²) in [6, 6.07) is 6.19. The smallest absolute Gasteiger partial charge is 0.248 e. The Morgan fingerprint density at radius 3 is 2.88 bits per heavy atom. The number of hydrogen-bond donors (Lipinski definition) is 2. The number of amides is 1. The summed E-state index contributed by atoms with van der Waals surface area (Å²) >= 11 is 0. The van der Waals surface area contributed by atoms with Crippen molar-refractivity contribution < 1.29 is 4.79 Å². The SMILES string of the molecule is CC(C)C1NCCc2cc(C(N)=O)ccc21. The molecule has 0 aromatic heterocycles. The van der Waals surface area contributed by atoms with Crippen LogP contribution in [0.4, 0.5) is 0 Å². The lowest BCUT2D eigenvalue weighted by atomic mass is 9.87. The van der Waals surface area contributed by atoms with Gasteiger partial charge in [0.2, 0.25) is 5.91 Å². The molecule has 1 aromatic rings. The van der Waals surface area contributed by atoms with Crippen LogP contribution in [0.3, 0.4) is 0 Å². The van der Waals surface area contributed by atoms with E-state index in [0.717, 1.165) is 13.0 Å². The third kappa shape index (κ3) is 1.95. The molecule has 1 heterocycles. The summed E-state index contributed by atoms with van der Waals surface area (Å²) < 4.78 is 0. The van der Waals surface area contributed by atoms with Crippen LogP contribution in [0.5, 0.6) is 0 Å². The normalized spacial score (nSPS) is 19.6. The second-order valence-electron chi connectivity index (χ2n) is 4.70. The predicted octanol–water partition coefficient (Wildman–Crippen LogP) is 1.63. The molecule has 1 atom stereocenters. The van der Waals surface area contributed by atoms with Gasteiger partial charge < -0.3 is 11.1 Å². The Bertz CT molecular complexity index is 412. The van der Waals surface area contributed by atoms with Crippen molar-refractivity contribution in [3.8, 4) is 0 Å². The van der Waals surface area contributed by atoms with Gasteiger partial charge in [0.05, 0.1) is 0 Å². The van der Waals surface area contributed by atoms with Crippen LogP contribution in [0.1, 0.15) is 41.4 Å². The van der Waals surface area contributed by atoms with Gasteiger partial charge in [-0.3, -0.25) is 4.79 Å². The minimum Gasteiger partial charge on any atom is -0.366 e. The van der Waals surface area contributed by atoms with E-state index in [0.29, 0.717) is 17.5 Å². The average Bonchev–Trinajstić information content (AvgIpc) is 2.27. The van der Waals surface area contributed by atoms with Gasteiger partial charge in [-0.05, 0) is 42.1 Å². The van der Waals surface area contributed by atoms with E-state index in [1.54, 1.807) is 0 Å². The van der Waals surface area contributed by atoms with Gasteiger partial charge in [-0.2, -0.15) is 0 Å². The molecular formula is C13H18N2O. The molecule has 0 saturated heterocycles. The number of carbonyl (C=O) groups excluding carboxylic acids is 1. The second-order valence-corrected chi connectivity index (χ2v) is 4.70. The Morgan fingerprint density at radius 2 is 2.25 bits per heavy atom. The quantitative estimate of drug-likeness (QED) is 0.792. The topological polar surface area (TPSA) is 55.1 Å². The molecule has 0 fully saturated rings. The number of nitrogens with one attached hydrogen (secondary N) is 1. The van der Waals surface area contributed by atoms with Gasteiger partial charge in [0.1, 0.15) is 0 Å². The first-order valence-corrected chi connectivity index (χ1v) is 5.75. The van der Waals surface area contributed by atoms with Gasteiger partial charge in [0, 0.05) is 11.6 Å². The van der Waals surface area contributed by atoms with Crippen LogP contribution in [0, 0.1) is 5.92 Å². The molecule has 1 aliphatic rings. The zero-order chi connectivity index (χ0) is 11.7. The fourth-order valence-corrected chi connectivity index (χ4v) is 2.35. The fourth-order valence-electron chi connectivity index (χ4n) is 2.35. The molecule has 0 spiro atoms. The van der Waals surface area contributed by atoms with Crippen molar-refractivity contribution in [3.63, 3.8) is 0 Å². The summed E-state index contributed by atoms with van der Waals surface area (Å²) in [7, 11) is 0. The number of nitrogens with two attached hydrogens (primary N) is 1. The standard InChI is InChI=1S/C13H18N2O/c1-8(2)12-11-4-3-10(13(14)16)7-9(11)5-6-15-12/h3-4,7-8,12,15H,5-6H2,1-2H3,(H2,14,16). The highest BCUT2D eigenvalue weighted by molar-refractivity contribution is 5.93. The van der Waals surface area contributed by atoms with Gasteiger partial charge in [-0.1, -0.05) is 19.9 Å². The molecule has 2 rings (SSSR count). The summed E-state index contributed by atoms with van der Waals surface area (Å²) in [6.45, 7) is 5.38. The van der Waals surface area contributed by atoms with Gasteiger partial charge in [0.25, 0.3) is 0 Å². The van der Waals surface area contributed by atoms with Crippen molar-refractivity contribution in [2.45, 2.75) is 26.3 Å². The van der Waals surface area contributed by atoms with Crippen LogP contribution in [0.15, 0.2) is 18.2 Å². The molecule has 0 radical (unpaired) electrons. The van der Waals surface area contributed by atoms with Crippen LogP contribution in [-0.4, -0.2) is 12.5 Å². The molecule has 0 saturated carbocycles. The average molecular weight is 218 g/mol. The zero-order valence-corrected chi connectivity index (χ0v) is 9.79. The van der Waals surface area contributed by atoms with Crippen LogP contribution in [0.25, 0.3) is 0 Å². The van der Waals surface area contributed by atoms with Crippen LogP contribution >= 0.6 is 0 Å². The monoisotopic (exact) mass is 218 g/mol. The summed E-state index contributed by atoms with van der Waals surface area (Å²) in [5.41, 5.74) is 8.47. The number of rotatable bonds is 2. The summed E-state index contributed by atoms with van der Waals surface area (Å²) in [4.78, 5) is 11.1. The lowest BCUT2D eigenvalue weighted by Crippen LogP contribution is -2.33. The molecule has 1 unspecified atom stereocenters. The van der Waals surface area contributed by atoms with Gasteiger partial charge >= 0.3 is 0 Å². The Kier molecular flexibility index (Phi) is 2.97. The van der Waals surface area contributed by atoms with Crippen LogP contribution < -0.4 is 11.1 Å². The van der Waals surface area contributed by atoms with Crippen LogP contribution in [-0.2, 0) is 6.42 Å². The highest BCUT2D eigenvalue weighted by Crippen LogP contribution is 2.29. The van der Waals surface area contributed by atoms with E-state index in [1.165, 1.54) is 11.1 Å². The van der Waals surface area contributed by atoms with E-state index >= 15 is 0 Å². The van der Waals surface area contributed by atoms with Crippen molar-refractivity contribution >= 4 is 5.91 Å². The predicted molar refractivity (Wildman–Crippen MR) is 64.2 cm³/mol. The maximum Gasteiger partial charge on any atom is 0.248 e. The molecule has 0 aliphatic carbocycles. The first-order chi connectivity index (χ1) is 7.59. The minimum atomic E-state index is -0.345. The maximum absolute atomic E-state index is 11.1. The molecule has 86 valence electrons. The number of hydrogen-bond acceptors (Lipinski definition) is 2. The van der Waals surface area contributed by atoms with E-state index < -0.39 is 0 Å². The molecule has 0 bridgehead atoms. The Hall–Kier alpha value is -1.35. The van der Waals surface area contributed by atoms with Gasteiger partial charge in [-0.15, -0.1) is 0 Å². The minimum absolute atomic E-state index is 0.345. The fraction of sp³-hybridized carbons (Fsp3) is 0.462. The van der Waals surface area contributed by atoms with Crippen molar-refractivity contribution in [2.24, 2.45) is 11.7 Å². The third-order valence-electron chi connectivity index (χ3n) is 3.19. The first kappa shape index (κ1) is 11.1. The van der Waals surface area contributed by atoms with E-state index in [4.69, 9.17) is 5.73 Å². The molecule has 1 aliphatic heterocycles. The summed E-state index contributed by atoms with van der Waals surface area (Å²) in [6.07, 6.45) is 0.972. The van der Waals surface area contributed by atoms with Crippen molar-refractivity contribution in [3.05, 3.63) is 34.9 Å². The lowest BCUT2D eigenvalue weighted by Gasteiger charge is -2.30. The number of benzene rings is 1. The second kappa shape index (κ2) is 4.26. The van der Waals surface area contributed by atoms with Crippen molar-refractivity contribution in [2.75, 3.05) is 6.54 Å². The van der Waals surface area contributed by atoms with Gasteiger partial charge in [0.15, 0.2) is 0 Å². The van der Waals surface area contributed by atoms with E-state index in [9.17, 15) is 4.79 Å². The molecule has 3 heteroatoms. The number of fused-ring (bicyclic) bond motifs is 1. The number of carbonyl (C=O) groups is 1. The molecule has 1 aromatic carbocycles. The van der Waals surface area contributed by atoms with E-state index in [-0.39, 0.29) is 5.91 Å². The Morgan fingerprint density at radius 1 is 1.50 bits per heavy atom. The molecule has 3 N–H and O–H groups in total. The van der Waals surface area contributed by atoms with E-state index in [2.05, 4.69) is 19.2 Å². The van der Waals surface area contributed by atoms with Gasteiger partial charge in [-0.25, -0.2) is 0 Å². The largest absolute Gasteiger partial charge is 0.366 e. The van der Waals surface area contributed by atoms with Crippen LogP contribution in [0.2, 0.25) is 0 Å². The highest BCUT2D eigenvalue weighted by atomic mass is 16.1. The number of primary amides is 1. The zero-order valence-electron chi connectivity index (χ0n) is 9.79. The van der Waals surface area contributed by atoms with Crippen molar-refractivity contribution in [1.82, 2.24) is 5.32 Å². The molecular weight excluding hydrogens is 200 g/mol. The third-order valence-corrected chi connectivity index (χ3v) is 3.19. The van der Waals surface area contributed by atoms with Crippen molar-refractivity contribution in [1.29, 1.82) is 0 Å². The maximum atomic E-state index is 11.1. The molecule has 16 heavy (non-hydrogen) atoms. The first-order valence-electron chi connectivity index (χ1n) is 5.75. The lowest BCUT2D eigenvalue weighted by molar-refractivity contribution is 0.1000. The Labute approximate surface area is 96.0 Å². The highest BCUT2D eigenvalue weighted by Gasteiger charge is 2.22. The van der Waals surface area contributed by atoms with E-state index in [1.807, 2.05) is 18.2 Å².